The van der Waals surface area contributed by atoms with Crippen LogP contribution in [-0.2, 0) is 37.0 Å². The molecule has 360 valence electrons. The lowest BCUT2D eigenvalue weighted by Crippen LogP contribution is -2.22. The number of benzene rings is 2. The second kappa shape index (κ2) is 22.6. The standard InChI is InChI=1S/C26H31N7O.C21H23ClN4O.C5H9N3/c1-6-32-17-22(15-28-32)30-25-27-12-11-23(31-25)20-8-7-19(18(2)13-20)9-10-24(34)21-14-29-33(16-21)26(3,4)5;1-14-9-16(18-10-20(22)24-13-23-18)6-5-15(14)7-8-19(27)17-11-25-26(12-17)21(2,3)4;1-2-8-4-5(6)3-7-8/h7-8,11-17H,6,9-10H2,1-5H3,(H,27,30,31);5-6,9-13H,7-8H2,1-4H3;3-4H,2,6H2,1H3. The Bertz CT molecular complexity index is 2990. The van der Waals surface area contributed by atoms with Gasteiger partial charge < -0.3 is 11.1 Å². The average Bonchev–Trinajstić information content (AvgIpc) is 4.17. The van der Waals surface area contributed by atoms with Crippen molar-refractivity contribution in [1.82, 2.24) is 59.1 Å². The SMILES string of the molecule is CCn1cc(N)cn1.CCn1cc(Nc2nccc(-c3ccc(CCC(=O)c4cnn(C(C)(C)C)c4)c(C)c3)n2)cn1.Cc1cc(-c2cc(Cl)ncn2)ccc1CCC(=O)c1cnn(C(C)(C)C)c1. The number of nitrogen functional groups attached to an aromatic ring is 1. The lowest BCUT2D eigenvalue weighted by molar-refractivity contribution is 0.0974. The van der Waals surface area contributed by atoms with E-state index in [1.807, 2.05) is 77.7 Å². The molecule has 0 radical (unpaired) electrons. The highest BCUT2D eigenvalue weighted by atomic mass is 35.5. The number of ketones is 2. The van der Waals surface area contributed by atoms with Gasteiger partial charge in [0, 0.05) is 74.1 Å². The van der Waals surface area contributed by atoms with Gasteiger partial charge in [-0.15, -0.1) is 0 Å². The maximum atomic E-state index is 12.7. The molecular weight excluding hydrogens is 888 g/mol. The van der Waals surface area contributed by atoms with E-state index in [1.165, 1.54) is 6.33 Å². The minimum absolute atomic E-state index is 0.108. The van der Waals surface area contributed by atoms with Gasteiger partial charge in [-0.2, -0.15) is 20.4 Å². The van der Waals surface area contributed by atoms with Crippen LogP contribution < -0.4 is 11.1 Å². The average molecular weight is 952 g/mol. The number of rotatable bonds is 14. The number of aromatic nitrogens is 12. The van der Waals surface area contributed by atoms with Crippen LogP contribution in [0.25, 0.3) is 22.5 Å². The second-order valence-electron chi connectivity index (χ2n) is 18.6. The van der Waals surface area contributed by atoms with E-state index in [1.54, 1.807) is 47.9 Å². The topological polar surface area (TPSA) is 195 Å². The number of hydrogen-bond acceptors (Lipinski definition) is 12. The highest BCUT2D eigenvalue weighted by Gasteiger charge is 2.19. The zero-order valence-corrected chi connectivity index (χ0v) is 42.0. The Hall–Kier alpha value is -7.33. The maximum absolute atomic E-state index is 12.7. The summed E-state index contributed by atoms with van der Waals surface area (Å²) in [6, 6.07) is 16.0. The Morgan fingerprint density at radius 1 is 0.638 bits per heavy atom. The predicted octanol–water partition coefficient (Wildman–Crippen LogP) is 10.5. The summed E-state index contributed by atoms with van der Waals surface area (Å²) in [6.45, 7) is 22.2. The smallest absolute Gasteiger partial charge is 0.227 e. The molecule has 0 aliphatic rings. The van der Waals surface area contributed by atoms with Crippen molar-refractivity contribution >= 4 is 40.5 Å². The normalized spacial score (nSPS) is 11.3. The zero-order chi connectivity index (χ0) is 49.9. The molecule has 2 aromatic carbocycles. The third-order valence-corrected chi connectivity index (χ3v) is 11.4. The molecule has 0 saturated carbocycles. The number of nitrogens with zero attached hydrogens (tertiary/aromatic N) is 12. The third-order valence-electron chi connectivity index (χ3n) is 11.2. The molecule has 6 aromatic heterocycles. The van der Waals surface area contributed by atoms with Crippen molar-refractivity contribution in [3.63, 3.8) is 0 Å². The molecule has 0 unspecified atom stereocenters. The molecule has 0 bridgehead atoms. The highest BCUT2D eigenvalue weighted by Crippen LogP contribution is 2.26. The van der Waals surface area contributed by atoms with Gasteiger partial charge in [0.05, 0.1) is 69.8 Å². The van der Waals surface area contributed by atoms with Gasteiger partial charge in [0.15, 0.2) is 11.6 Å². The van der Waals surface area contributed by atoms with Gasteiger partial charge >= 0.3 is 0 Å². The van der Waals surface area contributed by atoms with Crippen molar-refractivity contribution in [2.24, 2.45) is 0 Å². The molecule has 0 spiro atoms. The summed E-state index contributed by atoms with van der Waals surface area (Å²) in [4.78, 5) is 42.3. The van der Waals surface area contributed by atoms with Gasteiger partial charge in [-0.25, -0.2) is 19.9 Å². The van der Waals surface area contributed by atoms with E-state index in [4.69, 9.17) is 17.3 Å². The van der Waals surface area contributed by atoms with Crippen LogP contribution in [0.2, 0.25) is 5.15 Å². The van der Waals surface area contributed by atoms with E-state index >= 15 is 0 Å². The number of halogens is 1. The van der Waals surface area contributed by atoms with Crippen molar-refractivity contribution in [3.8, 4) is 22.5 Å². The molecule has 8 rings (SSSR count). The quantitative estimate of drug-likeness (QED) is 0.0774. The molecule has 0 fully saturated rings. The van der Waals surface area contributed by atoms with Crippen LogP contribution in [0.5, 0.6) is 0 Å². The fraction of sp³-hybridized carbons (Fsp3) is 0.346. The first-order valence-corrected chi connectivity index (χ1v) is 23.4. The molecule has 0 saturated heterocycles. The van der Waals surface area contributed by atoms with Crippen LogP contribution in [-0.4, -0.2) is 70.6 Å². The molecule has 8 aromatic rings. The number of anilines is 3. The Morgan fingerprint density at radius 2 is 1.17 bits per heavy atom. The number of aryl methyl sites for hydroxylation is 6. The van der Waals surface area contributed by atoms with Crippen LogP contribution in [0.15, 0.2) is 111 Å². The summed E-state index contributed by atoms with van der Waals surface area (Å²) in [5.41, 5.74) is 16.2. The van der Waals surface area contributed by atoms with Crippen LogP contribution >= 0.6 is 11.6 Å². The first kappa shape index (κ1) is 51.1. The van der Waals surface area contributed by atoms with Gasteiger partial charge in [-0.05, 0) is 123 Å². The van der Waals surface area contributed by atoms with Crippen molar-refractivity contribution in [2.75, 3.05) is 11.1 Å². The van der Waals surface area contributed by atoms with E-state index < -0.39 is 0 Å². The number of Topliss-reactive ketones (excluding diaryl/α,β-unsaturated/α-hetero) is 2. The lowest BCUT2D eigenvalue weighted by Gasteiger charge is -2.18. The van der Waals surface area contributed by atoms with Gasteiger partial charge in [0.2, 0.25) is 5.95 Å². The first-order valence-electron chi connectivity index (χ1n) is 23.0. The lowest BCUT2D eigenvalue weighted by atomic mass is 9.98. The van der Waals surface area contributed by atoms with E-state index in [9.17, 15) is 9.59 Å². The van der Waals surface area contributed by atoms with Crippen molar-refractivity contribution in [3.05, 3.63) is 149 Å². The minimum Gasteiger partial charge on any atom is -0.396 e. The molecule has 16 nitrogen and oxygen atoms in total. The summed E-state index contributed by atoms with van der Waals surface area (Å²) in [5.74, 6) is 0.740. The molecule has 0 aliphatic carbocycles. The molecule has 69 heavy (non-hydrogen) atoms. The van der Waals surface area contributed by atoms with Gasteiger partial charge in [0.1, 0.15) is 11.5 Å². The number of nitrogens with two attached hydrogens (primary N) is 1. The van der Waals surface area contributed by atoms with Crippen LogP contribution in [0, 0.1) is 13.8 Å². The summed E-state index contributed by atoms with van der Waals surface area (Å²) in [6.07, 6.45) is 19.6. The summed E-state index contributed by atoms with van der Waals surface area (Å²) in [5, 5.41) is 20.5. The van der Waals surface area contributed by atoms with E-state index in [0.717, 1.165) is 69.2 Å². The fourth-order valence-electron chi connectivity index (χ4n) is 7.08. The summed E-state index contributed by atoms with van der Waals surface area (Å²) in [7, 11) is 0. The molecule has 0 amide bonds. The summed E-state index contributed by atoms with van der Waals surface area (Å²) < 4.78 is 7.29. The number of carbonyl (C=O) groups excluding carboxylic acids is 2. The third kappa shape index (κ3) is 14.3. The fourth-order valence-corrected chi connectivity index (χ4v) is 7.22. The number of hydrogen-bond donors (Lipinski definition) is 2. The van der Waals surface area contributed by atoms with E-state index in [0.29, 0.717) is 47.9 Å². The van der Waals surface area contributed by atoms with Crippen molar-refractivity contribution in [2.45, 2.75) is 119 Å². The zero-order valence-electron chi connectivity index (χ0n) is 41.3. The molecule has 0 atom stereocenters. The Morgan fingerprint density at radius 3 is 1.62 bits per heavy atom. The molecule has 0 aliphatic heterocycles. The van der Waals surface area contributed by atoms with Gasteiger partial charge in [0.25, 0.3) is 0 Å². The number of nitrogens with one attached hydrogen (secondary N) is 1. The first-order chi connectivity index (χ1) is 32.8. The predicted molar refractivity (Wildman–Crippen MR) is 273 cm³/mol. The van der Waals surface area contributed by atoms with Gasteiger partial charge in [-0.3, -0.25) is 28.3 Å². The molecule has 6 heterocycles. The van der Waals surface area contributed by atoms with Crippen LogP contribution in [0.1, 0.15) is 111 Å². The Balaban J connectivity index is 0.000000199. The summed E-state index contributed by atoms with van der Waals surface area (Å²) >= 11 is 5.94. The van der Waals surface area contributed by atoms with Crippen molar-refractivity contribution < 1.29 is 9.59 Å². The van der Waals surface area contributed by atoms with Crippen LogP contribution in [0.4, 0.5) is 17.3 Å². The number of carbonyl (C=O) groups is 2. The van der Waals surface area contributed by atoms with Crippen molar-refractivity contribution in [1.29, 1.82) is 0 Å². The highest BCUT2D eigenvalue weighted by molar-refractivity contribution is 6.29. The maximum Gasteiger partial charge on any atom is 0.227 e. The molecular formula is C52H63ClN14O2. The molecule has 3 N–H and O–H groups in total. The Labute approximate surface area is 409 Å². The van der Waals surface area contributed by atoms with E-state index in [-0.39, 0.29) is 22.6 Å². The monoisotopic (exact) mass is 950 g/mol. The largest absolute Gasteiger partial charge is 0.396 e. The van der Waals surface area contributed by atoms with Gasteiger partial charge in [-0.1, -0.05) is 35.9 Å². The minimum atomic E-state index is -0.140. The second-order valence-corrected chi connectivity index (χ2v) is 19.0. The molecule has 17 heteroatoms. The Kier molecular flexibility index (Phi) is 16.8. The van der Waals surface area contributed by atoms with Crippen LogP contribution in [0.3, 0.4) is 0 Å². The van der Waals surface area contributed by atoms with E-state index in [2.05, 4.69) is 112 Å².